The van der Waals surface area contributed by atoms with Crippen LogP contribution in [0.5, 0.6) is 11.5 Å². The van der Waals surface area contributed by atoms with Crippen molar-refractivity contribution in [2.45, 2.75) is 19.8 Å². The molecule has 33 heavy (non-hydrogen) atoms. The molecule has 0 aliphatic heterocycles. The standard InChI is InChI=1S/C22H23ClN4O6/c1-2-24-22(31)20-19(21(33-27-20)14-10-15(23)17(29)11-16(14)28)12-5-7-13(8-6-12)25-9-3-4-18(30)26-32/h5-8,10-11,25,28-29,32H,2-4,9H2,1H3,(H,24,31)(H,26,30). The van der Waals surface area contributed by atoms with Gasteiger partial charge >= 0.3 is 0 Å². The van der Waals surface area contributed by atoms with Gasteiger partial charge in [-0.3, -0.25) is 14.8 Å². The molecule has 0 aliphatic rings. The summed E-state index contributed by atoms with van der Waals surface area (Å²) in [4.78, 5) is 23.7. The zero-order chi connectivity index (χ0) is 24.0. The van der Waals surface area contributed by atoms with Crippen molar-refractivity contribution < 1.29 is 29.5 Å². The molecule has 0 saturated carbocycles. The fourth-order valence-corrected chi connectivity index (χ4v) is 3.33. The molecular formula is C22H23ClN4O6. The van der Waals surface area contributed by atoms with Crippen LogP contribution in [0.3, 0.4) is 0 Å². The molecule has 1 heterocycles. The molecule has 3 rings (SSSR count). The van der Waals surface area contributed by atoms with E-state index in [2.05, 4.69) is 15.8 Å². The van der Waals surface area contributed by atoms with Crippen molar-refractivity contribution in [3.05, 3.63) is 47.1 Å². The molecule has 0 fully saturated rings. The fraction of sp³-hybridized carbons (Fsp3) is 0.227. The van der Waals surface area contributed by atoms with Gasteiger partial charge in [-0.2, -0.15) is 0 Å². The van der Waals surface area contributed by atoms with Gasteiger partial charge in [0, 0.05) is 31.3 Å². The number of benzene rings is 2. The summed E-state index contributed by atoms with van der Waals surface area (Å²) < 4.78 is 5.44. The second-order valence-electron chi connectivity index (χ2n) is 7.06. The van der Waals surface area contributed by atoms with E-state index in [4.69, 9.17) is 21.3 Å². The Hall–Kier alpha value is -3.76. The van der Waals surface area contributed by atoms with Crippen LogP contribution in [0.4, 0.5) is 5.69 Å². The predicted octanol–water partition coefficient (Wildman–Crippen LogP) is 3.52. The number of rotatable bonds is 9. The third kappa shape index (κ3) is 5.54. The number of phenolic OH excluding ortho intramolecular Hbond substituents is 2. The lowest BCUT2D eigenvalue weighted by Gasteiger charge is -2.10. The third-order valence-corrected chi connectivity index (χ3v) is 5.07. The summed E-state index contributed by atoms with van der Waals surface area (Å²) in [6, 6.07) is 9.48. The number of anilines is 1. The molecule has 0 saturated heterocycles. The lowest BCUT2D eigenvalue weighted by atomic mass is 9.98. The van der Waals surface area contributed by atoms with Gasteiger partial charge in [0.1, 0.15) is 11.5 Å². The van der Waals surface area contributed by atoms with Gasteiger partial charge in [0.05, 0.1) is 16.1 Å². The molecule has 0 radical (unpaired) electrons. The van der Waals surface area contributed by atoms with Gasteiger partial charge in [-0.25, -0.2) is 5.48 Å². The third-order valence-electron chi connectivity index (χ3n) is 4.76. The zero-order valence-corrected chi connectivity index (χ0v) is 18.4. The van der Waals surface area contributed by atoms with E-state index < -0.39 is 11.8 Å². The first-order valence-electron chi connectivity index (χ1n) is 10.1. The molecule has 0 unspecified atom stereocenters. The van der Waals surface area contributed by atoms with E-state index in [0.717, 1.165) is 11.8 Å². The number of aromatic hydroxyl groups is 2. The van der Waals surface area contributed by atoms with Crippen LogP contribution in [-0.4, -0.2) is 45.5 Å². The Morgan fingerprint density at radius 2 is 1.85 bits per heavy atom. The average Bonchev–Trinajstić information content (AvgIpc) is 3.24. The van der Waals surface area contributed by atoms with E-state index in [-0.39, 0.29) is 40.0 Å². The molecule has 3 aromatic rings. The van der Waals surface area contributed by atoms with Gasteiger partial charge in [0.25, 0.3) is 5.91 Å². The van der Waals surface area contributed by atoms with E-state index in [1.165, 1.54) is 6.07 Å². The minimum Gasteiger partial charge on any atom is -0.507 e. The largest absolute Gasteiger partial charge is 0.507 e. The fourth-order valence-electron chi connectivity index (χ4n) is 3.17. The first-order valence-corrected chi connectivity index (χ1v) is 10.5. The van der Waals surface area contributed by atoms with Crippen LogP contribution >= 0.6 is 11.6 Å². The number of phenols is 2. The molecule has 174 valence electrons. The topological polar surface area (TPSA) is 157 Å². The second kappa shape index (κ2) is 10.7. The van der Waals surface area contributed by atoms with Crippen LogP contribution in [0.2, 0.25) is 5.02 Å². The molecule has 0 atom stereocenters. The summed E-state index contributed by atoms with van der Waals surface area (Å²) >= 11 is 6.01. The minimum atomic E-state index is -0.456. The number of nitrogens with zero attached hydrogens (tertiary/aromatic N) is 1. The number of nitrogens with one attached hydrogen (secondary N) is 3. The molecule has 0 aliphatic carbocycles. The van der Waals surface area contributed by atoms with E-state index in [1.807, 2.05) is 0 Å². The van der Waals surface area contributed by atoms with Gasteiger partial charge in [-0.15, -0.1) is 0 Å². The lowest BCUT2D eigenvalue weighted by molar-refractivity contribution is -0.129. The number of hydroxylamine groups is 1. The van der Waals surface area contributed by atoms with Crippen molar-refractivity contribution >= 4 is 29.1 Å². The molecule has 1 aromatic heterocycles. The number of hydrogen-bond donors (Lipinski definition) is 6. The molecule has 0 spiro atoms. The number of amides is 2. The van der Waals surface area contributed by atoms with Crippen molar-refractivity contribution in [2.24, 2.45) is 0 Å². The first kappa shape index (κ1) is 23.9. The van der Waals surface area contributed by atoms with E-state index >= 15 is 0 Å². The summed E-state index contributed by atoms with van der Waals surface area (Å²) in [5, 5.41) is 38.4. The van der Waals surface area contributed by atoms with Crippen molar-refractivity contribution in [2.75, 3.05) is 18.4 Å². The highest BCUT2D eigenvalue weighted by atomic mass is 35.5. The maximum absolute atomic E-state index is 12.6. The van der Waals surface area contributed by atoms with Gasteiger partial charge < -0.3 is 25.4 Å². The molecule has 11 heteroatoms. The molecule has 10 nitrogen and oxygen atoms in total. The summed E-state index contributed by atoms with van der Waals surface area (Å²) in [7, 11) is 0. The highest BCUT2D eigenvalue weighted by Gasteiger charge is 2.26. The average molecular weight is 475 g/mol. The maximum atomic E-state index is 12.6. The van der Waals surface area contributed by atoms with Gasteiger partial charge in [-0.1, -0.05) is 28.9 Å². The molecule has 6 N–H and O–H groups in total. The molecule has 0 bridgehead atoms. The van der Waals surface area contributed by atoms with E-state index in [1.54, 1.807) is 36.7 Å². The Bertz CT molecular complexity index is 1150. The Balaban J connectivity index is 1.94. The normalized spacial score (nSPS) is 10.6. The quantitative estimate of drug-likeness (QED) is 0.156. The second-order valence-corrected chi connectivity index (χ2v) is 7.47. The van der Waals surface area contributed by atoms with Crippen molar-refractivity contribution in [3.8, 4) is 33.9 Å². The Labute approximate surface area is 194 Å². The van der Waals surface area contributed by atoms with E-state index in [9.17, 15) is 19.8 Å². The van der Waals surface area contributed by atoms with Gasteiger partial charge in [-0.05, 0) is 37.1 Å². The first-order chi connectivity index (χ1) is 15.8. The highest BCUT2D eigenvalue weighted by molar-refractivity contribution is 6.32. The van der Waals surface area contributed by atoms with Crippen LogP contribution in [-0.2, 0) is 4.79 Å². The lowest BCUT2D eigenvalue weighted by Crippen LogP contribution is -2.23. The Morgan fingerprint density at radius 3 is 2.52 bits per heavy atom. The van der Waals surface area contributed by atoms with Crippen LogP contribution in [0, 0.1) is 0 Å². The summed E-state index contributed by atoms with van der Waals surface area (Å²) in [5.41, 5.74) is 3.51. The van der Waals surface area contributed by atoms with Crippen molar-refractivity contribution in [3.63, 3.8) is 0 Å². The van der Waals surface area contributed by atoms with Crippen LogP contribution in [0.25, 0.3) is 22.5 Å². The number of carbonyl (C=O) groups is 2. The Morgan fingerprint density at radius 1 is 1.12 bits per heavy atom. The number of aromatic nitrogens is 1. The zero-order valence-electron chi connectivity index (χ0n) is 17.7. The molecule has 2 amide bonds. The van der Waals surface area contributed by atoms with Crippen molar-refractivity contribution in [1.29, 1.82) is 0 Å². The monoisotopic (exact) mass is 474 g/mol. The number of carbonyl (C=O) groups excluding carboxylic acids is 2. The van der Waals surface area contributed by atoms with Crippen molar-refractivity contribution in [1.82, 2.24) is 16.0 Å². The maximum Gasteiger partial charge on any atom is 0.274 e. The number of halogens is 1. The highest BCUT2D eigenvalue weighted by Crippen LogP contribution is 2.42. The van der Waals surface area contributed by atoms with Crippen LogP contribution < -0.4 is 16.1 Å². The summed E-state index contributed by atoms with van der Waals surface area (Å²) in [6.07, 6.45) is 0.701. The number of hydrogen-bond acceptors (Lipinski definition) is 8. The van der Waals surface area contributed by atoms with Gasteiger partial charge in [0.15, 0.2) is 11.5 Å². The molecular weight excluding hydrogens is 452 g/mol. The predicted molar refractivity (Wildman–Crippen MR) is 121 cm³/mol. The molecule has 2 aromatic carbocycles. The van der Waals surface area contributed by atoms with E-state index in [0.29, 0.717) is 30.6 Å². The van der Waals surface area contributed by atoms with Crippen LogP contribution in [0.15, 0.2) is 40.9 Å². The summed E-state index contributed by atoms with van der Waals surface area (Å²) in [5.74, 6) is -1.37. The van der Waals surface area contributed by atoms with Crippen LogP contribution in [0.1, 0.15) is 30.3 Å². The summed E-state index contributed by atoms with van der Waals surface area (Å²) in [6.45, 7) is 2.66. The Kier molecular flexibility index (Phi) is 7.75. The van der Waals surface area contributed by atoms with Gasteiger partial charge in [0.2, 0.25) is 5.91 Å². The minimum absolute atomic E-state index is 0.000799. The SMILES string of the molecule is CCNC(=O)c1noc(-c2cc(Cl)c(O)cc2O)c1-c1ccc(NCCCC(=O)NO)cc1. The smallest absolute Gasteiger partial charge is 0.274 e.